The molecule has 4 rings (SSSR count). The van der Waals surface area contributed by atoms with E-state index in [-0.39, 0.29) is 17.9 Å². The number of ketones is 1. The minimum Gasteiger partial charge on any atom is -0.357 e. The van der Waals surface area contributed by atoms with Crippen LogP contribution in [0.4, 0.5) is 0 Å². The molecule has 0 saturated carbocycles. The first-order valence-corrected chi connectivity index (χ1v) is 5.62. The number of ether oxygens (including phenoxy) is 1. The van der Waals surface area contributed by atoms with Gasteiger partial charge in [-0.05, 0) is 18.6 Å². The fourth-order valence-corrected chi connectivity index (χ4v) is 2.92. The average Bonchev–Trinajstić information content (AvgIpc) is 2.94. The van der Waals surface area contributed by atoms with Gasteiger partial charge in [0.15, 0.2) is 5.78 Å². The Kier molecular flexibility index (Phi) is 1.46. The molecular weight excluding hydrogens is 202 g/mol. The molecule has 0 aliphatic carbocycles. The summed E-state index contributed by atoms with van der Waals surface area (Å²) in [6, 6.07) is 10.1. The largest absolute Gasteiger partial charge is 0.357 e. The first kappa shape index (κ1) is 8.53. The van der Waals surface area contributed by atoms with Gasteiger partial charge in [0, 0.05) is 5.39 Å². The number of hydrogen-bond acceptors (Lipinski definition) is 2. The van der Waals surface area contributed by atoms with E-state index in [1.54, 1.807) is 0 Å². The van der Waals surface area contributed by atoms with E-state index in [2.05, 4.69) is 10.6 Å². The van der Waals surface area contributed by atoms with Crippen molar-refractivity contribution < 1.29 is 9.53 Å². The number of rotatable bonds is 0. The van der Waals surface area contributed by atoms with Gasteiger partial charge in [-0.3, -0.25) is 4.79 Å². The first-order chi connectivity index (χ1) is 7.86. The third-order valence-corrected chi connectivity index (χ3v) is 3.65. The molecular formula is C13H11NO2. The van der Waals surface area contributed by atoms with Crippen molar-refractivity contribution in [1.29, 1.82) is 0 Å². The Morgan fingerprint density at radius 1 is 1.31 bits per heavy atom. The van der Waals surface area contributed by atoms with Gasteiger partial charge in [-0.1, -0.05) is 18.2 Å². The van der Waals surface area contributed by atoms with Crippen LogP contribution in [0.5, 0.6) is 0 Å². The second-order valence-corrected chi connectivity index (χ2v) is 4.48. The summed E-state index contributed by atoms with van der Waals surface area (Å²) >= 11 is 0. The zero-order valence-corrected chi connectivity index (χ0v) is 8.72. The number of nitrogens with zero attached hydrogens (tertiary/aromatic N) is 1. The van der Waals surface area contributed by atoms with Crippen molar-refractivity contribution in [2.75, 3.05) is 6.61 Å². The number of hydrogen-bond donors (Lipinski definition) is 0. The first-order valence-electron chi connectivity index (χ1n) is 5.62. The Labute approximate surface area is 92.6 Å². The molecule has 0 radical (unpaired) electrons. The molecule has 0 N–H and O–H groups in total. The minimum atomic E-state index is -0.0533. The van der Waals surface area contributed by atoms with E-state index in [1.807, 2.05) is 24.3 Å². The van der Waals surface area contributed by atoms with Gasteiger partial charge in [0.05, 0.1) is 23.7 Å². The van der Waals surface area contributed by atoms with Crippen LogP contribution in [0, 0.1) is 5.92 Å². The van der Waals surface area contributed by atoms with Crippen LogP contribution in [0.1, 0.15) is 23.1 Å². The van der Waals surface area contributed by atoms with E-state index >= 15 is 0 Å². The highest BCUT2D eigenvalue weighted by Crippen LogP contribution is 2.42. The lowest BCUT2D eigenvalue weighted by Gasteiger charge is -2.11. The zero-order valence-electron chi connectivity index (χ0n) is 8.72. The van der Waals surface area contributed by atoms with Crippen LogP contribution in [0.25, 0.3) is 10.9 Å². The smallest absolute Gasteiger partial charge is 0.186 e. The molecule has 3 nitrogen and oxygen atoms in total. The van der Waals surface area contributed by atoms with Crippen LogP contribution >= 0.6 is 0 Å². The van der Waals surface area contributed by atoms with Crippen molar-refractivity contribution in [3.05, 3.63) is 36.0 Å². The van der Waals surface area contributed by atoms with Gasteiger partial charge >= 0.3 is 0 Å². The third kappa shape index (κ3) is 0.854. The summed E-state index contributed by atoms with van der Waals surface area (Å²) in [5.74, 6) is 0.304. The van der Waals surface area contributed by atoms with Gasteiger partial charge < -0.3 is 9.30 Å². The fraction of sp³-hybridized carbons (Fsp3) is 0.308. The highest BCUT2D eigenvalue weighted by Gasteiger charge is 2.44. The molecule has 0 bridgehead atoms. The maximum absolute atomic E-state index is 12.1. The van der Waals surface area contributed by atoms with E-state index in [1.165, 1.54) is 0 Å². The molecule has 1 aromatic heterocycles. The summed E-state index contributed by atoms with van der Waals surface area (Å²) in [5, 5.41) is 1.12. The molecule has 2 atom stereocenters. The van der Waals surface area contributed by atoms with Crippen molar-refractivity contribution in [3.8, 4) is 0 Å². The predicted molar refractivity (Wildman–Crippen MR) is 59.4 cm³/mol. The lowest BCUT2D eigenvalue weighted by Crippen LogP contribution is -2.10. The number of para-hydroxylation sites is 1. The molecule has 80 valence electrons. The number of carbonyl (C=O) groups excluding carboxylic acids is 1. The van der Waals surface area contributed by atoms with Crippen LogP contribution in [-0.4, -0.2) is 17.0 Å². The van der Waals surface area contributed by atoms with Gasteiger partial charge in [0.1, 0.15) is 6.23 Å². The molecule has 3 heterocycles. The van der Waals surface area contributed by atoms with E-state index in [0.717, 1.165) is 23.0 Å². The normalized spacial score (nSPS) is 27.4. The minimum absolute atomic E-state index is 0.0533. The number of fused-ring (bicyclic) bond motifs is 5. The zero-order chi connectivity index (χ0) is 10.7. The van der Waals surface area contributed by atoms with Gasteiger partial charge in [-0.2, -0.15) is 0 Å². The van der Waals surface area contributed by atoms with Crippen LogP contribution in [0.15, 0.2) is 30.3 Å². The van der Waals surface area contributed by atoms with Crippen molar-refractivity contribution in [2.24, 2.45) is 5.92 Å². The maximum Gasteiger partial charge on any atom is 0.186 e. The Bertz CT molecular complexity index is 599. The molecule has 1 fully saturated rings. The summed E-state index contributed by atoms with van der Waals surface area (Å²) < 4.78 is 7.75. The summed E-state index contributed by atoms with van der Waals surface area (Å²) in [6.45, 7) is 0.701. The molecule has 2 aliphatic rings. The number of aromatic nitrogens is 1. The third-order valence-electron chi connectivity index (χ3n) is 3.65. The molecule has 2 aliphatic heterocycles. The van der Waals surface area contributed by atoms with Crippen molar-refractivity contribution in [2.45, 2.75) is 12.6 Å². The van der Waals surface area contributed by atoms with Crippen LogP contribution in [-0.2, 0) is 4.74 Å². The van der Waals surface area contributed by atoms with Crippen molar-refractivity contribution in [3.63, 3.8) is 0 Å². The van der Waals surface area contributed by atoms with E-state index < -0.39 is 0 Å². The second kappa shape index (κ2) is 2.74. The average molecular weight is 213 g/mol. The highest BCUT2D eigenvalue weighted by atomic mass is 16.5. The van der Waals surface area contributed by atoms with Gasteiger partial charge in [-0.25, -0.2) is 0 Å². The molecule has 0 unspecified atom stereocenters. The fourth-order valence-electron chi connectivity index (χ4n) is 2.92. The highest BCUT2D eigenvalue weighted by molar-refractivity contribution is 6.04. The predicted octanol–water partition coefficient (Wildman–Crippen LogP) is 2.37. The van der Waals surface area contributed by atoms with Crippen LogP contribution in [0.3, 0.4) is 0 Å². The molecule has 2 aromatic rings. The Hall–Kier alpha value is -1.61. The molecule has 16 heavy (non-hydrogen) atoms. The van der Waals surface area contributed by atoms with Gasteiger partial charge in [-0.15, -0.1) is 0 Å². The molecule has 3 heteroatoms. The molecule has 0 spiro atoms. The standard InChI is InChI=1S/C13H11NO2/c15-12-9-5-6-16-13(9)14-10-4-2-1-3-8(10)7-11(12)14/h1-4,7,9,13H,5-6H2/t9-,13-/m0/s1. The topological polar surface area (TPSA) is 31.2 Å². The van der Waals surface area contributed by atoms with Crippen LogP contribution in [0.2, 0.25) is 0 Å². The lowest BCUT2D eigenvalue weighted by molar-refractivity contribution is 0.0478. The molecule has 0 amide bonds. The lowest BCUT2D eigenvalue weighted by atomic mass is 10.0. The Balaban J connectivity index is 2.07. The van der Waals surface area contributed by atoms with Crippen molar-refractivity contribution >= 4 is 16.7 Å². The summed E-state index contributed by atoms with van der Waals surface area (Å²) in [4.78, 5) is 12.1. The second-order valence-electron chi connectivity index (χ2n) is 4.48. The van der Waals surface area contributed by atoms with E-state index in [4.69, 9.17) is 4.74 Å². The summed E-state index contributed by atoms with van der Waals surface area (Å²) in [6.07, 6.45) is 0.807. The number of benzene rings is 1. The summed E-state index contributed by atoms with van der Waals surface area (Å²) in [7, 11) is 0. The quantitative estimate of drug-likeness (QED) is 0.672. The summed E-state index contributed by atoms with van der Waals surface area (Å²) in [5.41, 5.74) is 1.93. The maximum atomic E-state index is 12.1. The van der Waals surface area contributed by atoms with Crippen LogP contribution < -0.4 is 0 Å². The monoisotopic (exact) mass is 213 g/mol. The van der Waals surface area contributed by atoms with Gasteiger partial charge in [0.25, 0.3) is 0 Å². The Morgan fingerprint density at radius 3 is 3.12 bits per heavy atom. The molecule has 1 saturated heterocycles. The number of Topliss-reactive ketones (excluding diaryl/α,β-unsaturated/α-hetero) is 1. The number of carbonyl (C=O) groups is 1. The van der Waals surface area contributed by atoms with E-state index in [0.29, 0.717) is 6.61 Å². The van der Waals surface area contributed by atoms with E-state index in [9.17, 15) is 4.79 Å². The van der Waals surface area contributed by atoms with Gasteiger partial charge in [0.2, 0.25) is 0 Å². The SMILES string of the molecule is O=C1c2cc3ccccc3n2[C@H]2OCC[C@@H]12. The Morgan fingerprint density at radius 2 is 2.19 bits per heavy atom. The van der Waals surface area contributed by atoms with Crippen molar-refractivity contribution in [1.82, 2.24) is 4.57 Å². The molecule has 1 aromatic carbocycles.